The number of benzene rings is 2. The maximum atomic E-state index is 13.0. The average Bonchev–Trinajstić information content (AvgIpc) is 2.69. The van der Waals surface area contributed by atoms with Crippen molar-refractivity contribution in [3.63, 3.8) is 0 Å². The summed E-state index contributed by atoms with van der Waals surface area (Å²) in [6.07, 6.45) is 2.59. The van der Waals surface area contributed by atoms with Crippen LogP contribution in [-0.4, -0.2) is 22.0 Å². The summed E-state index contributed by atoms with van der Waals surface area (Å²) in [6.45, 7) is 8.02. The predicted molar refractivity (Wildman–Crippen MR) is 123 cm³/mol. The summed E-state index contributed by atoms with van der Waals surface area (Å²) in [4.78, 5) is 17.7. The normalized spacial score (nSPS) is 12.8. The lowest BCUT2D eigenvalue weighted by Crippen LogP contribution is -2.23. The van der Waals surface area contributed by atoms with Gasteiger partial charge in [-0.25, -0.2) is 4.98 Å². The van der Waals surface area contributed by atoms with E-state index < -0.39 is 0 Å². The van der Waals surface area contributed by atoms with Crippen molar-refractivity contribution in [2.45, 2.75) is 46.1 Å². The van der Waals surface area contributed by atoms with E-state index in [1.165, 1.54) is 4.68 Å². The lowest BCUT2D eigenvalue weighted by atomic mass is 10.2. The molecular weight excluding hydrogens is 454 g/mol. The molecule has 0 N–H and O–H groups in total. The summed E-state index contributed by atoms with van der Waals surface area (Å²) >= 11 is 9.76. The fraction of sp³-hybridized carbons (Fsp3) is 0.318. The van der Waals surface area contributed by atoms with Gasteiger partial charge in [0.05, 0.1) is 28.2 Å². The molecule has 0 aliphatic carbocycles. The first-order valence-corrected chi connectivity index (χ1v) is 10.7. The summed E-state index contributed by atoms with van der Waals surface area (Å²) in [6, 6.07) is 10.9. The highest BCUT2D eigenvalue weighted by Gasteiger charge is 2.14. The minimum absolute atomic E-state index is 0.0304. The Hall–Kier alpha value is -2.18. The Kier molecular flexibility index (Phi) is 6.75. The molecule has 7 heteroatoms. The van der Waals surface area contributed by atoms with Crippen LogP contribution in [0.15, 0.2) is 50.8 Å². The summed E-state index contributed by atoms with van der Waals surface area (Å²) in [5.74, 6) is 1.27. The van der Waals surface area contributed by atoms with Crippen molar-refractivity contribution >= 4 is 44.6 Å². The maximum Gasteiger partial charge on any atom is 0.282 e. The monoisotopic (exact) mass is 475 g/mol. The van der Waals surface area contributed by atoms with Crippen LogP contribution in [-0.2, 0) is 0 Å². The van der Waals surface area contributed by atoms with Crippen molar-refractivity contribution in [1.82, 2.24) is 9.66 Å². The first-order valence-electron chi connectivity index (χ1n) is 9.53. The number of fused-ring (bicyclic) bond motifs is 1. The fourth-order valence-electron chi connectivity index (χ4n) is 2.77. The molecule has 0 aliphatic rings. The van der Waals surface area contributed by atoms with Gasteiger partial charge in [0.15, 0.2) is 0 Å². The Morgan fingerprint density at radius 2 is 2.00 bits per heavy atom. The number of ether oxygens (including phenoxy) is 1. The van der Waals surface area contributed by atoms with Gasteiger partial charge >= 0.3 is 0 Å². The van der Waals surface area contributed by atoms with Crippen LogP contribution in [0.2, 0.25) is 5.02 Å². The van der Waals surface area contributed by atoms with E-state index in [-0.39, 0.29) is 17.6 Å². The maximum absolute atomic E-state index is 13.0. The van der Waals surface area contributed by atoms with Gasteiger partial charge in [-0.2, -0.15) is 9.78 Å². The predicted octanol–water partition coefficient (Wildman–Crippen LogP) is 6.00. The Balaban J connectivity index is 2.02. The molecule has 0 fully saturated rings. The Morgan fingerprint density at radius 3 is 2.66 bits per heavy atom. The zero-order chi connectivity index (χ0) is 21.1. The molecule has 0 unspecified atom stereocenters. The first-order chi connectivity index (χ1) is 13.8. The number of halogens is 2. The molecule has 3 aromatic rings. The quantitative estimate of drug-likeness (QED) is 0.410. The molecule has 1 aromatic heterocycles. The topological polar surface area (TPSA) is 56.5 Å². The second-order valence-corrected chi connectivity index (χ2v) is 8.50. The van der Waals surface area contributed by atoms with Crippen LogP contribution < -0.4 is 10.3 Å². The first kappa shape index (κ1) is 21.5. The van der Waals surface area contributed by atoms with Crippen molar-refractivity contribution in [2.24, 2.45) is 5.10 Å². The van der Waals surface area contributed by atoms with E-state index in [2.05, 4.69) is 32.9 Å². The number of hydrogen-bond donors (Lipinski definition) is 0. The van der Waals surface area contributed by atoms with Crippen molar-refractivity contribution in [3.8, 4) is 5.75 Å². The van der Waals surface area contributed by atoms with Crippen LogP contribution in [0.5, 0.6) is 5.75 Å². The van der Waals surface area contributed by atoms with Gasteiger partial charge in [0.2, 0.25) is 0 Å². The molecule has 0 saturated heterocycles. The van der Waals surface area contributed by atoms with Crippen LogP contribution in [0.25, 0.3) is 10.9 Å². The Labute approximate surface area is 183 Å². The third-order valence-electron chi connectivity index (χ3n) is 4.53. The smallest absolute Gasteiger partial charge is 0.282 e. The van der Waals surface area contributed by atoms with Gasteiger partial charge in [0.1, 0.15) is 11.6 Å². The van der Waals surface area contributed by atoms with E-state index in [4.69, 9.17) is 16.3 Å². The van der Waals surface area contributed by atoms with Crippen molar-refractivity contribution in [3.05, 3.63) is 67.6 Å². The summed E-state index contributed by atoms with van der Waals surface area (Å²) in [5.41, 5.74) is 1.21. The van der Waals surface area contributed by atoms with E-state index in [0.29, 0.717) is 27.5 Å². The summed E-state index contributed by atoms with van der Waals surface area (Å²) in [5, 5.41) is 5.44. The summed E-state index contributed by atoms with van der Waals surface area (Å²) in [7, 11) is 0. The van der Waals surface area contributed by atoms with Crippen LogP contribution >= 0.6 is 27.5 Å². The largest absolute Gasteiger partial charge is 0.489 e. The van der Waals surface area contributed by atoms with Gasteiger partial charge in [-0.05, 0) is 55.3 Å². The van der Waals surface area contributed by atoms with Crippen LogP contribution in [0.3, 0.4) is 0 Å². The van der Waals surface area contributed by atoms with Gasteiger partial charge in [0, 0.05) is 10.4 Å². The Morgan fingerprint density at radius 1 is 1.24 bits per heavy atom. The van der Waals surface area contributed by atoms with Gasteiger partial charge in [-0.15, -0.1) is 0 Å². The molecule has 152 valence electrons. The zero-order valence-electron chi connectivity index (χ0n) is 16.8. The zero-order valence-corrected chi connectivity index (χ0v) is 19.2. The number of aromatic nitrogens is 2. The van der Waals surface area contributed by atoms with E-state index >= 15 is 0 Å². The van der Waals surface area contributed by atoms with Gasteiger partial charge in [-0.1, -0.05) is 48.3 Å². The van der Waals surface area contributed by atoms with E-state index in [9.17, 15) is 4.79 Å². The molecular formula is C22H23BrClN3O2. The van der Waals surface area contributed by atoms with Crippen molar-refractivity contribution in [1.29, 1.82) is 0 Å². The third-order valence-corrected chi connectivity index (χ3v) is 5.32. The SMILES string of the molecule is CC[C@H](C)Oc1ccc(C=Nn2c(C(C)C)nc3ccc(Br)cc3c2=O)cc1Cl. The minimum atomic E-state index is -0.209. The standard InChI is InChI=1S/C22H23BrClN3O2/c1-5-14(4)29-20-9-6-15(10-18(20)24)12-25-27-21(13(2)3)26-19-8-7-16(23)11-17(19)22(27)28/h6-14H,5H2,1-4H3/t14-/m0/s1. The molecule has 5 nitrogen and oxygen atoms in total. The molecule has 1 heterocycles. The lowest BCUT2D eigenvalue weighted by molar-refractivity contribution is 0.217. The van der Waals surface area contributed by atoms with E-state index in [0.717, 1.165) is 16.5 Å². The molecule has 0 bridgehead atoms. The molecule has 0 saturated carbocycles. The molecule has 0 spiro atoms. The molecule has 0 amide bonds. The fourth-order valence-corrected chi connectivity index (χ4v) is 3.36. The second kappa shape index (κ2) is 9.09. The summed E-state index contributed by atoms with van der Waals surface area (Å²) < 4.78 is 7.97. The van der Waals surface area contributed by atoms with Gasteiger partial charge in [0.25, 0.3) is 5.56 Å². The highest BCUT2D eigenvalue weighted by molar-refractivity contribution is 9.10. The van der Waals surface area contributed by atoms with Gasteiger partial charge in [-0.3, -0.25) is 4.79 Å². The second-order valence-electron chi connectivity index (χ2n) is 7.17. The molecule has 2 aromatic carbocycles. The molecule has 1 atom stereocenters. The highest BCUT2D eigenvalue weighted by atomic mass is 79.9. The molecule has 29 heavy (non-hydrogen) atoms. The number of nitrogens with zero attached hydrogens (tertiary/aromatic N) is 3. The van der Waals surface area contributed by atoms with Crippen molar-refractivity contribution < 1.29 is 4.74 Å². The van der Waals surface area contributed by atoms with Gasteiger partial charge < -0.3 is 4.74 Å². The van der Waals surface area contributed by atoms with Crippen molar-refractivity contribution in [2.75, 3.05) is 0 Å². The van der Waals surface area contributed by atoms with E-state index in [1.54, 1.807) is 18.3 Å². The Bertz CT molecular complexity index is 1120. The highest BCUT2D eigenvalue weighted by Crippen LogP contribution is 2.26. The number of hydrogen-bond acceptors (Lipinski definition) is 4. The average molecular weight is 477 g/mol. The molecule has 0 aliphatic heterocycles. The third kappa shape index (κ3) is 4.87. The molecule has 0 radical (unpaired) electrons. The van der Waals surface area contributed by atoms with Crippen LogP contribution in [0.4, 0.5) is 0 Å². The van der Waals surface area contributed by atoms with Crippen LogP contribution in [0, 0.1) is 0 Å². The minimum Gasteiger partial charge on any atom is -0.489 e. The van der Waals surface area contributed by atoms with E-state index in [1.807, 2.05) is 45.0 Å². The van der Waals surface area contributed by atoms with Crippen LogP contribution in [0.1, 0.15) is 51.4 Å². The lowest BCUT2D eigenvalue weighted by Gasteiger charge is -2.14. The number of rotatable bonds is 6. The molecule has 3 rings (SSSR count).